The van der Waals surface area contributed by atoms with Gasteiger partial charge in [-0.3, -0.25) is 19.9 Å². The van der Waals surface area contributed by atoms with Gasteiger partial charge >= 0.3 is 0 Å². The van der Waals surface area contributed by atoms with Gasteiger partial charge in [0.25, 0.3) is 11.2 Å². The van der Waals surface area contributed by atoms with Crippen molar-refractivity contribution >= 4 is 27.3 Å². The summed E-state index contributed by atoms with van der Waals surface area (Å²) in [6, 6.07) is 3.58. The molecule has 2 aromatic rings. The molecule has 0 aliphatic heterocycles. The molecule has 0 atom stereocenters. The number of nitrogens with zero attached hydrogens (tertiary/aromatic N) is 3. The normalized spacial score (nSPS) is 10.4. The minimum atomic E-state index is -0.506. The van der Waals surface area contributed by atoms with Crippen LogP contribution in [-0.2, 0) is 6.54 Å². The van der Waals surface area contributed by atoms with Crippen LogP contribution >= 0.6 is 15.9 Å². The van der Waals surface area contributed by atoms with E-state index in [1.54, 1.807) is 25.4 Å². The molecule has 2 rings (SSSR count). The zero-order valence-corrected chi connectivity index (χ0v) is 13.0. The van der Waals surface area contributed by atoms with E-state index in [-0.39, 0.29) is 22.3 Å². The van der Waals surface area contributed by atoms with Crippen LogP contribution in [0.4, 0.5) is 11.4 Å². The Morgan fingerprint density at radius 2 is 2.24 bits per heavy atom. The fraction of sp³-hybridized carbons (Fsp3) is 0.231. The highest BCUT2D eigenvalue weighted by Crippen LogP contribution is 2.22. The van der Waals surface area contributed by atoms with Crippen LogP contribution in [0.2, 0.25) is 0 Å². The third-order valence-electron chi connectivity index (χ3n) is 3.07. The van der Waals surface area contributed by atoms with Crippen LogP contribution in [0, 0.1) is 17.0 Å². The lowest BCUT2D eigenvalue weighted by molar-refractivity contribution is -0.386. The third-order valence-corrected chi connectivity index (χ3v) is 4.01. The molecular weight excluding hydrogens is 340 g/mol. The van der Waals surface area contributed by atoms with Crippen LogP contribution in [0.1, 0.15) is 11.3 Å². The second-order valence-electron chi connectivity index (χ2n) is 4.43. The summed E-state index contributed by atoms with van der Waals surface area (Å²) in [5.74, 6) is 0. The van der Waals surface area contributed by atoms with Gasteiger partial charge in [0.05, 0.1) is 27.8 Å². The molecule has 0 saturated heterocycles. The summed E-state index contributed by atoms with van der Waals surface area (Å²) in [7, 11) is 1.78. The largest absolute Gasteiger partial charge is 0.388 e. The highest BCUT2D eigenvalue weighted by Gasteiger charge is 2.18. The van der Waals surface area contributed by atoms with Gasteiger partial charge in [-0.25, -0.2) is 0 Å². The number of rotatable bonds is 4. The monoisotopic (exact) mass is 352 g/mol. The van der Waals surface area contributed by atoms with Crippen LogP contribution in [0.3, 0.4) is 0 Å². The number of halogens is 1. The Balaban J connectivity index is 2.49. The highest BCUT2D eigenvalue weighted by atomic mass is 79.9. The van der Waals surface area contributed by atoms with E-state index < -0.39 is 4.92 Å². The van der Waals surface area contributed by atoms with Crippen molar-refractivity contribution in [2.24, 2.45) is 0 Å². The van der Waals surface area contributed by atoms with Crippen molar-refractivity contribution in [3.05, 3.63) is 60.7 Å². The lowest BCUT2D eigenvalue weighted by Crippen LogP contribution is -2.23. The number of aromatic nitrogens is 2. The zero-order chi connectivity index (χ0) is 15.6. The molecular formula is C13H13BrN4O3. The minimum Gasteiger partial charge on any atom is -0.388 e. The summed E-state index contributed by atoms with van der Waals surface area (Å²) in [6.45, 7) is 1.70. The molecule has 0 radical (unpaired) electrons. The summed E-state index contributed by atoms with van der Waals surface area (Å²) >= 11 is 3.12. The Morgan fingerprint density at radius 3 is 2.86 bits per heavy atom. The predicted octanol–water partition coefficient (Wildman–Crippen LogP) is 2.31. The van der Waals surface area contributed by atoms with E-state index in [0.717, 1.165) is 5.69 Å². The maximum atomic E-state index is 12.2. The van der Waals surface area contributed by atoms with E-state index in [1.807, 2.05) is 0 Å². The van der Waals surface area contributed by atoms with Crippen LogP contribution in [-0.4, -0.2) is 21.5 Å². The Morgan fingerprint density at radius 1 is 1.52 bits per heavy atom. The van der Waals surface area contributed by atoms with Crippen LogP contribution < -0.4 is 10.9 Å². The highest BCUT2D eigenvalue weighted by molar-refractivity contribution is 9.10. The average Bonchev–Trinajstić information content (AvgIpc) is 2.47. The van der Waals surface area contributed by atoms with E-state index in [1.165, 1.54) is 17.7 Å². The van der Waals surface area contributed by atoms with Gasteiger partial charge in [0, 0.05) is 24.5 Å². The van der Waals surface area contributed by atoms with Gasteiger partial charge in [0.1, 0.15) is 0 Å². The fourth-order valence-electron chi connectivity index (χ4n) is 1.90. The Labute approximate surface area is 128 Å². The molecule has 110 valence electrons. The van der Waals surface area contributed by atoms with Gasteiger partial charge < -0.3 is 9.88 Å². The topological polar surface area (TPSA) is 90.1 Å². The number of nitro groups is 1. The maximum Gasteiger partial charge on any atom is 0.289 e. The Kier molecular flexibility index (Phi) is 4.37. The summed E-state index contributed by atoms with van der Waals surface area (Å²) in [5.41, 5.74) is 1.38. The van der Waals surface area contributed by atoms with Gasteiger partial charge in [0.2, 0.25) is 0 Å². The first-order valence-corrected chi connectivity index (χ1v) is 6.90. The summed E-state index contributed by atoms with van der Waals surface area (Å²) in [5, 5.41) is 14.0. The molecule has 0 unspecified atom stereocenters. The first-order chi connectivity index (χ1) is 9.93. The van der Waals surface area contributed by atoms with Gasteiger partial charge in [-0.1, -0.05) is 0 Å². The third kappa shape index (κ3) is 3.10. The molecule has 0 saturated carbocycles. The second-order valence-corrected chi connectivity index (χ2v) is 5.22. The molecule has 0 bridgehead atoms. The van der Waals surface area contributed by atoms with Crippen molar-refractivity contribution in [1.82, 2.24) is 9.55 Å². The molecule has 2 heterocycles. The first-order valence-electron chi connectivity index (χ1n) is 6.10. The quantitative estimate of drug-likeness (QED) is 0.673. The fourth-order valence-corrected chi connectivity index (χ4v) is 2.33. The Hall–Kier alpha value is -2.22. The molecule has 8 heteroatoms. The molecule has 0 aliphatic carbocycles. The first kappa shape index (κ1) is 15.2. The smallest absolute Gasteiger partial charge is 0.289 e. The number of nitrogens with one attached hydrogen (secondary N) is 1. The maximum absolute atomic E-state index is 12.2. The number of anilines is 1. The van der Waals surface area contributed by atoms with Gasteiger partial charge in [-0.2, -0.15) is 0 Å². The molecule has 7 nitrogen and oxygen atoms in total. The van der Waals surface area contributed by atoms with Crippen LogP contribution in [0.5, 0.6) is 0 Å². The van der Waals surface area contributed by atoms with Gasteiger partial charge in [-0.15, -0.1) is 0 Å². The molecule has 0 aliphatic rings. The molecule has 1 N–H and O–H groups in total. The Bertz CT molecular complexity index is 758. The van der Waals surface area contributed by atoms with E-state index >= 15 is 0 Å². The zero-order valence-electron chi connectivity index (χ0n) is 11.5. The van der Waals surface area contributed by atoms with E-state index in [9.17, 15) is 14.9 Å². The van der Waals surface area contributed by atoms with Crippen molar-refractivity contribution in [3.63, 3.8) is 0 Å². The van der Waals surface area contributed by atoms with Crippen molar-refractivity contribution in [2.45, 2.75) is 13.5 Å². The molecule has 0 spiro atoms. The summed E-state index contributed by atoms with van der Waals surface area (Å²) in [6.07, 6.45) is 2.86. The number of pyridine rings is 2. The molecule has 0 aromatic carbocycles. The average molecular weight is 353 g/mol. The van der Waals surface area contributed by atoms with Crippen molar-refractivity contribution < 1.29 is 4.92 Å². The van der Waals surface area contributed by atoms with Crippen LogP contribution in [0.15, 0.2) is 33.8 Å². The van der Waals surface area contributed by atoms with Gasteiger partial charge in [-0.05, 0) is 35.0 Å². The standard InChI is InChI=1S/C13H13BrN4O3/c1-8-11(18(20)21)7-17(13(19)12(8)14)6-10-5-9(15-2)3-4-16-10/h3-5,7H,6H2,1-2H3,(H,15,16). The number of hydrogen-bond donors (Lipinski definition) is 1. The van der Waals surface area contributed by atoms with Crippen molar-refractivity contribution in [2.75, 3.05) is 12.4 Å². The van der Waals surface area contributed by atoms with Crippen LogP contribution in [0.25, 0.3) is 0 Å². The van der Waals surface area contributed by atoms with Crippen molar-refractivity contribution in [1.29, 1.82) is 0 Å². The summed E-state index contributed by atoms with van der Waals surface area (Å²) in [4.78, 5) is 26.9. The predicted molar refractivity (Wildman–Crippen MR) is 82.7 cm³/mol. The molecule has 0 amide bonds. The van der Waals surface area contributed by atoms with E-state index in [4.69, 9.17) is 0 Å². The molecule has 0 fully saturated rings. The SMILES string of the molecule is CNc1ccnc(Cn2cc([N+](=O)[O-])c(C)c(Br)c2=O)c1. The summed E-state index contributed by atoms with van der Waals surface area (Å²) < 4.78 is 1.47. The minimum absolute atomic E-state index is 0.105. The van der Waals surface area contributed by atoms with Gasteiger partial charge in [0.15, 0.2) is 0 Å². The molecule has 2 aromatic heterocycles. The lowest BCUT2D eigenvalue weighted by Gasteiger charge is -2.09. The molecule has 21 heavy (non-hydrogen) atoms. The number of hydrogen-bond acceptors (Lipinski definition) is 5. The second kappa shape index (κ2) is 6.04. The van der Waals surface area contributed by atoms with E-state index in [0.29, 0.717) is 11.3 Å². The van der Waals surface area contributed by atoms with E-state index in [2.05, 4.69) is 26.2 Å². The lowest BCUT2D eigenvalue weighted by atomic mass is 10.2. The van der Waals surface area contributed by atoms with Crippen molar-refractivity contribution in [3.8, 4) is 0 Å².